The lowest BCUT2D eigenvalue weighted by Gasteiger charge is -2.11. The number of nitrogens with one attached hydrogen (secondary N) is 1. The Hall–Kier alpha value is -4.53. The van der Waals surface area contributed by atoms with Gasteiger partial charge in [-0.3, -0.25) is 9.59 Å². The van der Waals surface area contributed by atoms with Crippen molar-refractivity contribution in [2.75, 3.05) is 25.6 Å². The number of para-hydroxylation sites is 1. The maximum absolute atomic E-state index is 12.5. The molecule has 9 nitrogen and oxygen atoms in total. The van der Waals surface area contributed by atoms with Gasteiger partial charge >= 0.3 is 5.97 Å². The van der Waals surface area contributed by atoms with Gasteiger partial charge in [0, 0.05) is 34.0 Å². The summed E-state index contributed by atoms with van der Waals surface area (Å²) in [6.07, 6.45) is 0. The summed E-state index contributed by atoms with van der Waals surface area (Å²) in [6.45, 7) is 2.13. The second-order valence-corrected chi connectivity index (χ2v) is 7.74. The lowest BCUT2D eigenvalue weighted by Crippen LogP contribution is -2.21. The fourth-order valence-electron chi connectivity index (χ4n) is 3.95. The van der Waals surface area contributed by atoms with Crippen molar-refractivity contribution in [2.24, 2.45) is 5.73 Å². The molecule has 3 aromatic carbocycles. The van der Waals surface area contributed by atoms with Crippen LogP contribution in [0.5, 0.6) is 11.5 Å². The topological polar surface area (TPSA) is 122 Å². The van der Waals surface area contributed by atoms with Gasteiger partial charge in [-0.05, 0) is 49.4 Å². The minimum Gasteiger partial charge on any atom is -0.493 e. The third-order valence-electron chi connectivity index (χ3n) is 5.48. The maximum atomic E-state index is 12.5. The van der Waals surface area contributed by atoms with Crippen LogP contribution in [0.3, 0.4) is 0 Å². The molecular formula is C26H25N3O6. The van der Waals surface area contributed by atoms with Gasteiger partial charge in [-0.1, -0.05) is 18.2 Å². The molecule has 0 radical (unpaired) electrons. The predicted octanol–water partition coefficient (Wildman–Crippen LogP) is 3.48. The first kappa shape index (κ1) is 23.6. The Morgan fingerprint density at radius 2 is 1.69 bits per heavy atom. The number of amides is 2. The molecule has 0 aliphatic carbocycles. The highest BCUT2D eigenvalue weighted by Gasteiger charge is 2.15. The zero-order chi connectivity index (χ0) is 24.9. The van der Waals surface area contributed by atoms with Crippen molar-refractivity contribution in [1.82, 2.24) is 4.57 Å². The maximum Gasteiger partial charge on any atom is 0.338 e. The summed E-state index contributed by atoms with van der Waals surface area (Å²) in [4.78, 5) is 35.8. The van der Waals surface area contributed by atoms with Crippen LogP contribution in [0.25, 0.3) is 21.8 Å². The van der Waals surface area contributed by atoms with Gasteiger partial charge in [0.1, 0.15) is 0 Å². The summed E-state index contributed by atoms with van der Waals surface area (Å²) >= 11 is 0. The molecule has 4 rings (SSSR count). The SMILES string of the molecule is CCn1c2ccccc2c2cc(NC(=O)COC(=O)c3ccc(OCC(N)=O)c(OC)c3)ccc21. The standard InChI is InChI=1S/C26H25N3O6/c1-3-29-20-7-5-4-6-18(20)19-13-17(9-10-21(19)29)28-25(31)15-35-26(32)16-8-11-22(23(12-16)33-2)34-14-24(27)30/h4-13H,3,14-15H2,1-2H3,(H2,27,30)(H,28,31). The molecule has 1 aromatic heterocycles. The van der Waals surface area contributed by atoms with Crippen molar-refractivity contribution in [3.63, 3.8) is 0 Å². The molecule has 3 N–H and O–H groups in total. The van der Waals surface area contributed by atoms with E-state index in [2.05, 4.69) is 28.9 Å². The number of carbonyl (C=O) groups excluding carboxylic acids is 3. The molecule has 2 amide bonds. The molecule has 1 heterocycles. The van der Waals surface area contributed by atoms with Gasteiger partial charge in [-0.2, -0.15) is 0 Å². The van der Waals surface area contributed by atoms with Crippen molar-refractivity contribution >= 4 is 45.3 Å². The number of methoxy groups -OCH3 is 1. The molecule has 4 aromatic rings. The molecule has 0 unspecified atom stereocenters. The van der Waals surface area contributed by atoms with E-state index in [4.69, 9.17) is 19.9 Å². The molecule has 0 bridgehead atoms. The summed E-state index contributed by atoms with van der Waals surface area (Å²) in [5.74, 6) is -1.34. The summed E-state index contributed by atoms with van der Waals surface area (Å²) in [6, 6.07) is 18.1. The van der Waals surface area contributed by atoms with E-state index in [9.17, 15) is 14.4 Å². The monoisotopic (exact) mass is 475 g/mol. The van der Waals surface area contributed by atoms with Gasteiger partial charge in [0.25, 0.3) is 11.8 Å². The van der Waals surface area contributed by atoms with Crippen LogP contribution in [0, 0.1) is 0 Å². The molecule has 180 valence electrons. The Bertz CT molecular complexity index is 1430. The van der Waals surface area contributed by atoms with Gasteiger partial charge in [-0.25, -0.2) is 4.79 Å². The Labute approximate surface area is 201 Å². The van der Waals surface area contributed by atoms with Crippen LogP contribution in [0.2, 0.25) is 0 Å². The largest absolute Gasteiger partial charge is 0.493 e. The fraction of sp³-hybridized carbons (Fsp3) is 0.192. The molecule has 0 fully saturated rings. The van der Waals surface area contributed by atoms with Crippen LogP contribution in [0.4, 0.5) is 5.69 Å². The zero-order valence-corrected chi connectivity index (χ0v) is 19.4. The number of anilines is 1. The lowest BCUT2D eigenvalue weighted by atomic mass is 10.1. The number of aromatic nitrogens is 1. The number of benzene rings is 3. The zero-order valence-electron chi connectivity index (χ0n) is 19.4. The van der Waals surface area contributed by atoms with Crippen LogP contribution in [-0.2, 0) is 20.9 Å². The van der Waals surface area contributed by atoms with Crippen LogP contribution in [0.15, 0.2) is 60.7 Å². The number of carbonyl (C=O) groups is 3. The predicted molar refractivity (Wildman–Crippen MR) is 132 cm³/mol. The quantitative estimate of drug-likeness (QED) is 0.358. The van der Waals surface area contributed by atoms with Crippen LogP contribution < -0.4 is 20.5 Å². The number of hydrogen-bond acceptors (Lipinski definition) is 6. The Kier molecular flexibility index (Phi) is 6.86. The Balaban J connectivity index is 1.42. The third-order valence-corrected chi connectivity index (χ3v) is 5.48. The highest BCUT2D eigenvalue weighted by molar-refractivity contribution is 6.10. The van der Waals surface area contributed by atoms with E-state index in [1.807, 2.05) is 30.3 Å². The number of aryl methyl sites for hydroxylation is 1. The van der Waals surface area contributed by atoms with Crippen LogP contribution in [-0.4, -0.2) is 42.7 Å². The Morgan fingerprint density at radius 3 is 2.43 bits per heavy atom. The van der Waals surface area contributed by atoms with Crippen LogP contribution >= 0.6 is 0 Å². The first-order valence-electron chi connectivity index (χ1n) is 11.0. The number of ether oxygens (including phenoxy) is 3. The summed E-state index contributed by atoms with van der Waals surface area (Å²) < 4.78 is 17.8. The highest BCUT2D eigenvalue weighted by Crippen LogP contribution is 2.31. The molecule has 0 saturated heterocycles. The number of nitrogens with two attached hydrogens (primary N) is 1. The molecular weight excluding hydrogens is 450 g/mol. The van der Waals surface area contributed by atoms with Crippen molar-refractivity contribution in [3.05, 3.63) is 66.2 Å². The molecule has 0 spiro atoms. The van der Waals surface area contributed by atoms with Gasteiger partial charge in [0.05, 0.1) is 12.7 Å². The van der Waals surface area contributed by atoms with Crippen molar-refractivity contribution in [2.45, 2.75) is 13.5 Å². The molecule has 35 heavy (non-hydrogen) atoms. The summed E-state index contributed by atoms with van der Waals surface area (Å²) in [5.41, 5.74) is 8.05. The number of rotatable bonds is 9. The molecule has 0 atom stereocenters. The number of fused-ring (bicyclic) bond motifs is 3. The first-order valence-corrected chi connectivity index (χ1v) is 11.0. The second kappa shape index (κ2) is 10.2. The lowest BCUT2D eigenvalue weighted by molar-refractivity contribution is -0.120. The van der Waals surface area contributed by atoms with Gasteiger partial charge in [0.2, 0.25) is 0 Å². The highest BCUT2D eigenvalue weighted by atomic mass is 16.5. The number of nitrogens with zero attached hydrogens (tertiary/aromatic N) is 1. The van der Waals surface area contributed by atoms with E-state index in [0.29, 0.717) is 5.69 Å². The van der Waals surface area contributed by atoms with Gasteiger partial charge in [0.15, 0.2) is 24.7 Å². The van der Waals surface area contributed by atoms with E-state index in [1.54, 1.807) is 0 Å². The molecule has 0 aliphatic heterocycles. The van der Waals surface area contributed by atoms with E-state index >= 15 is 0 Å². The van der Waals surface area contributed by atoms with Crippen molar-refractivity contribution in [3.8, 4) is 11.5 Å². The van der Waals surface area contributed by atoms with E-state index in [0.717, 1.165) is 28.4 Å². The second-order valence-electron chi connectivity index (χ2n) is 7.74. The van der Waals surface area contributed by atoms with Crippen LogP contribution in [0.1, 0.15) is 17.3 Å². The van der Waals surface area contributed by atoms with Gasteiger partial charge in [-0.15, -0.1) is 0 Å². The fourth-order valence-corrected chi connectivity index (χ4v) is 3.95. The molecule has 9 heteroatoms. The first-order chi connectivity index (χ1) is 16.9. The van der Waals surface area contributed by atoms with Gasteiger partial charge < -0.3 is 29.8 Å². The van der Waals surface area contributed by atoms with E-state index in [-0.39, 0.29) is 23.7 Å². The smallest absolute Gasteiger partial charge is 0.338 e. The number of esters is 1. The average Bonchev–Trinajstić information content (AvgIpc) is 3.18. The summed E-state index contributed by atoms with van der Waals surface area (Å²) in [5, 5.41) is 4.91. The minimum atomic E-state index is -0.707. The molecule has 0 aliphatic rings. The number of primary amides is 1. The average molecular weight is 476 g/mol. The number of hydrogen-bond donors (Lipinski definition) is 2. The van der Waals surface area contributed by atoms with E-state index < -0.39 is 24.4 Å². The molecule has 0 saturated carbocycles. The van der Waals surface area contributed by atoms with E-state index in [1.165, 1.54) is 25.3 Å². The van der Waals surface area contributed by atoms with Crippen molar-refractivity contribution in [1.29, 1.82) is 0 Å². The third kappa shape index (κ3) is 5.03. The Morgan fingerprint density at radius 1 is 0.914 bits per heavy atom. The normalized spacial score (nSPS) is 10.8. The van der Waals surface area contributed by atoms with Crippen molar-refractivity contribution < 1.29 is 28.6 Å². The summed E-state index contributed by atoms with van der Waals surface area (Å²) in [7, 11) is 1.39. The minimum absolute atomic E-state index is 0.162.